The van der Waals surface area contributed by atoms with Gasteiger partial charge in [0.05, 0.1) is 0 Å². The molecule has 0 aromatic heterocycles. The molecule has 0 saturated heterocycles. The molecule has 4 heteroatoms. The molecular weight excluding hydrogens is 911 g/mol. The maximum absolute atomic E-state index is 3.06. The summed E-state index contributed by atoms with van der Waals surface area (Å²) in [7, 11) is 0. The van der Waals surface area contributed by atoms with E-state index in [9.17, 15) is 0 Å². The Morgan fingerprint density at radius 2 is 0.703 bits per heavy atom. The van der Waals surface area contributed by atoms with Crippen LogP contribution in [-0.2, 0) is 36.2 Å². The normalized spacial score (nSPS) is 15.7. The predicted octanol–water partition coefficient (Wildman–Crippen LogP) is 18.7. The van der Waals surface area contributed by atoms with Crippen molar-refractivity contribution in [1.29, 1.82) is 0 Å². The molecule has 0 atom stereocenters. The van der Waals surface area contributed by atoms with Gasteiger partial charge in [0.1, 0.15) is 0 Å². The summed E-state index contributed by atoms with van der Waals surface area (Å²) in [6.45, 7) is 8.12. The fourth-order valence-electron chi connectivity index (χ4n) is 11.0. The molecule has 0 heterocycles. The molecule has 2 saturated carbocycles. The third-order valence-corrected chi connectivity index (χ3v) is 14.2. The summed E-state index contributed by atoms with van der Waals surface area (Å²) in [5, 5.41) is 10.9. The summed E-state index contributed by atoms with van der Waals surface area (Å²) >= 11 is 1.36. The van der Waals surface area contributed by atoms with Gasteiger partial charge in [-0.15, -0.1) is 93.9 Å². The topological polar surface area (TPSA) is 0 Å². The van der Waals surface area contributed by atoms with Crippen LogP contribution in [0, 0.1) is 25.7 Å². The van der Waals surface area contributed by atoms with Crippen molar-refractivity contribution in [2.45, 2.75) is 117 Å². The van der Waals surface area contributed by atoms with E-state index in [2.05, 4.69) is 166 Å². The molecule has 2 radical (unpaired) electrons. The van der Waals surface area contributed by atoms with Gasteiger partial charge in [0.15, 0.2) is 0 Å². The predicted molar refractivity (Wildman–Crippen MR) is 286 cm³/mol. The summed E-state index contributed by atoms with van der Waals surface area (Å²) in [5.74, 6) is 0. The van der Waals surface area contributed by atoms with Crippen LogP contribution in [0.25, 0.3) is 65.3 Å². The molecule has 0 N–H and O–H groups in total. The van der Waals surface area contributed by atoms with Crippen molar-refractivity contribution in [2.75, 3.05) is 0 Å². The summed E-state index contributed by atoms with van der Waals surface area (Å²) in [6, 6.07) is 54.3. The van der Waals surface area contributed by atoms with Gasteiger partial charge < -0.3 is 14.9 Å². The summed E-state index contributed by atoms with van der Waals surface area (Å²) < 4.78 is 0. The van der Waals surface area contributed by atoms with Crippen LogP contribution in [0.2, 0.25) is 0 Å². The first-order chi connectivity index (χ1) is 29.4. The van der Waals surface area contributed by atoms with E-state index in [-0.39, 0.29) is 39.7 Å². The molecule has 0 bridgehead atoms. The van der Waals surface area contributed by atoms with E-state index >= 15 is 0 Å². The van der Waals surface area contributed by atoms with Crippen molar-refractivity contribution >= 4 is 74.8 Å². The van der Waals surface area contributed by atoms with E-state index < -0.39 is 0 Å². The molecular formula is C60H70Cl2SiZr-4. The van der Waals surface area contributed by atoms with E-state index in [0.29, 0.717) is 10.8 Å². The first-order valence-electron chi connectivity index (χ1n) is 23.0. The molecule has 0 nitrogen and oxygen atoms in total. The third kappa shape index (κ3) is 12.6. The first-order valence-corrected chi connectivity index (χ1v) is 27.2. The van der Waals surface area contributed by atoms with Gasteiger partial charge >= 0.3 is 30.2 Å². The van der Waals surface area contributed by atoms with E-state index in [4.69, 9.17) is 0 Å². The third-order valence-electron chi connectivity index (χ3n) is 14.2. The molecule has 2 aliphatic rings. The molecule has 2 fully saturated rings. The quantitative estimate of drug-likeness (QED) is 0.115. The Morgan fingerprint density at radius 3 is 1.08 bits per heavy atom. The van der Waals surface area contributed by atoms with Gasteiger partial charge in [0, 0.05) is 0 Å². The SMILES string of the molecule is CC1(Cc2cc3c(-c4cccc5ccccc45)cccc3[cH-]2)CCCCCCC1.CC1(Cc2cc3c(-c4cccc5ccccc45)cccc3[cH-]2)CCCCCCC1.Cl.Cl.[CH3-].[CH3-].[Si]=[Zr]. The minimum absolute atomic E-state index is 0. The zero-order chi connectivity index (χ0) is 41.4. The fraction of sp³-hybridized carbons (Fsp3) is 0.333. The number of benzene rings is 6. The van der Waals surface area contributed by atoms with Gasteiger partial charge in [-0.05, 0) is 82.0 Å². The average molecular weight is 981 g/mol. The molecule has 64 heavy (non-hydrogen) atoms. The Kier molecular flexibility index (Phi) is 20.9. The summed E-state index contributed by atoms with van der Waals surface area (Å²) in [5.41, 5.74) is 9.41. The molecule has 0 unspecified atom stereocenters. The number of hydrogen-bond acceptors (Lipinski definition) is 0. The van der Waals surface area contributed by atoms with Crippen LogP contribution in [0.1, 0.15) is 115 Å². The Balaban J connectivity index is 0.000000255. The van der Waals surface area contributed by atoms with Crippen LogP contribution in [0.5, 0.6) is 0 Å². The van der Waals surface area contributed by atoms with E-state index in [1.165, 1.54) is 203 Å². The molecule has 2 aliphatic carbocycles. The van der Waals surface area contributed by atoms with Crippen molar-refractivity contribution in [1.82, 2.24) is 0 Å². The molecule has 0 spiro atoms. The van der Waals surface area contributed by atoms with Crippen molar-refractivity contribution in [3.63, 3.8) is 0 Å². The monoisotopic (exact) mass is 978 g/mol. The Hall–Kier alpha value is -3.26. The molecule has 0 aliphatic heterocycles. The zero-order valence-corrected chi connectivity index (χ0v) is 44.1. The van der Waals surface area contributed by atoms with E-state index in [0.717, 1.165) is 0 Å². The fourth-order valence-corrected chi connectivity index (χ4v) is 11.0. The van der Waals surface area contributed by atoms with Crippen LogP contribution >= 0.6 is 24.8 Å². The molecule has 0 amide bonds. The van der Waals surface area contributed by atoms with Gasteiger partial charge in [0.25, 0.3) is 0 Å². The average Bonchev–Trinajstić information content (AvgIpc) is 3.87. The van der Waals surface area contributed by atoms with E-state index in [1.54, 1.807) is 0 Å². The second-order valence-electron chi connectivity index (χ2n) is 18.9. The van der Waals surface area contributed by atoms with Gasteiger partial charge in [-0.1, -0.05) is 186 Å². The van der Waals surface area contributed by atoms with Gasteiger partial charge in [-0.25, -0.2) is 0 Å². The molecule has 8 aromatic rings. The van der Waals surface area contributed by atoms with E-state index in [1.807, 2.05) is 0 Å². The van der Waals surface area contributed by atoms with Crippen molar-refractivity contribution in [3.8, 4) is 22.3 Å². The summed E-state index contributed by atoms with van der Waals surface area (Å²) in [4.78, 5) is 0. The second kappa shape index (κ2) is 25.0. The van der Waals surface area contributed by atoms with Crippen LogP contribution in [0.15, 0.2) is 146 Å². The van der Waals surface area contributed by atoms with Crippen LogP contribution in [0.4, 0.5) is 0 Å². The second-order valence-corrected chi connectivity index (χ2v) is 18.9. The van der Waals surface area contributed by atoms with Crippen molar-refractivity contribution < 1.29 is 23.3 Å². The number of hydrogen-bond donors (Lipinski definition) is 0. The minimum atomic E-state index is 0. The Bertz CT molecular complexity index is 2460. The van der Waals surface area contributed by atoms with Crippen molar-refractivity contribution in [3.05, 3.63) is 172 Å². The van der Waals surface area contributed by atoms with Gasteiger partial charge in [-0.3, -0.25) is 0 Å². The van der Waals surface area contributed by atoms with Gasteiger partial charge in [-0.2, -0.15) is 12.1 Å². The maximum atomic E-state index is 3.06. The molecule has 336 valence electrons. The van der Waals surface area contributed by atoms with Crippen LogP contribution in [-0.4, -0.2) is 6.88 Å². The van der Waals surface area contributed by atoms with Crippen molar-refractivity contribution in [2.24, 2.45) is 10.8 Å². The number of fused-ring (bicyclic) bond motifs is 4. The van der Waals surface area contributed by atoms with Crippen LogP contribution in [0.3, 0.4) is 0 Å². The first kappa shape index (κ1) is 53.4. The number of rotatable bonds is 6. The van der Waals surface area contributed by atoms with Crippen LogP contribution < -0.4 is 0 Å². The zero-order valence-electron chi connectivity index (χ0n) is 39.0. The molecule has 8 aromatic carbocycles. The molecule has 10 rings (SSSR count). The standard InChI is InChI=1S/2C29H31.2CH3.2ClH.Si.Zr/c2*1-29(17-7-3-2-4-8-18-29)21-22-19-24-13-10-16-27(28(24)20-22)26-15-9-12-23-11-5-6-14-25(23)26;;;;;;/h2*5-6,9-16,19-20H,2-4,7-8,17-18,21H2,1H3;2*1H3;2*1H;;/q4*-1;;;;. The Morgan fingerprint density at radius 1 is 0.406 bits per heavy atom. The summed E-state index contributed by atoms with van der Waals surface area (Å²) in [6.07, 6.45) is 22.1. The number of halogens is 2. The van der Waals surface area contributed by atoms with Gasteiger partial charge in [0.2, 0.25) is 0 Å². The Labute approximate surface area is 416 Å².